The maximum Gasteiger partial charge on any atom is 0.416 e. The Morgan fingerprint density at radius 2 is 1.72 bits per heavy atom. The Balaban J connectivity index is 2.07. The maximum atomic E-state index is 14.1. The number of pyridine rings is 1. The van der Waals surface area contributed by atoms with E-state index in [1.165, 1.54) is 6.92 Å². The summed E-state index contributed by atoms with van der Waals surface area (Å²) in [5.74, 6) is -10.6. The Kier molecular flexibility index (Phi) is 5.87. The number of nitrogens with zero attached hydrogens (tertiary/aromatic N) is 3. The molecule has 174 valence electrons. The zero-order chi connectivity index (χ0) is 24.2. The normalized spacial score (nSPS) is 18.2. The molecule has 1 saturated heterocycles. The number of sulfonamides is 1. The van der Waals surface area contributed by atoms with Crippen LogP contribution in [0.1, 0.15) is 17.7 Å². The minimum absolute atomic E-state index is 0.190. The van der Waals surface area contributed by atoms with Gasteiger partial charge in [-0.2, -0.15) is 13.2 Å². The van der Waals surface area contributed by atoms with Crippen LogP contribution in [0.5, 0.6) is 0 Å². The van der Waals surface area contributed by atoms with Gasteiger partial charge in [0.05, 0.1) is 17.0 Å². The average Bonchev–Trinajstić information content (AvgIpc) is 3.01. The molecule has 2 aromatic rings. The number of hydrogen-bond acceptors (Lipinski definition) is 4. The molecular formula is C18H14F7N3O3S. The van der Waals surface area contributed by atoms with Crippen molar-refractivity contribution in [2.24, 2.45) is 0 Å². The molecular weight excluding hydrogens is 471 g/mol. The van der Waals surface area contributed by atoms with Gasteiger partial charge in [-0.3, -0.25) is 4.79 Å². The second-order valence-electron chi connectivity index (χ2n) is 6.99. The van der Waals surface area contributed by atoms with E-state index in [0.717, 1.165) is 7.05 Å². The van der Waals surface area contributed by atoms with Crippen LogP contribution in [0.2, 0.25) is 0 Å². The van der Waals surface area contributed by atoms with Crippen molar-refractivity contribution in [2.75, 3.05) is 22.0 Å². The van der Waals surface area contributed by atoms with Gasteiger partial charge in [0.15, 0.2) is 23.3 Å². The van der Waals surface area contributed by atoms with Gasteiger partial charge in [0.2, 0.25) is 10.0 Å². The smallest absolute Gasteiger partial charge is 0.311 e. The van der Waals surface area contributed by atoms with Crippen molar-refractivity contribution in [3.8, 4) is 0 Å². The van der Waals surface area contributed by atoms with Crippen LogP contribution < -0.4 is 9.21 Å². The van der Waals surface area contributed by atoms with Gasteiger partial charge in [-0.15, -0.1) is 0 Å². The van der Waals surface area contributed by atoms with Gasteiger partial charge in [0.1, 0.15) is 11.9 Å². The molecule has 0 aliphatic carbocycles. The number of benzene rings is 1. The van der Waals surface area contributed by atoms with E-state index in [-0.39, 0.29) is 11.8 Å². The first-order valence-corrected chi connectivity index (χ1v) is 10.4. The van der Waals surface area contributed by atoms with E-state index in [2.05, 4.69) is 4.98 Å². The SMILES string of the molecule is Cc1cc(C(F)(F)F)cc(N2[C@H](C(=O)N(C)c3cc(F)c(F)c(F)c3F)CCS2(=O)=O)n1. The van der Waals surface area contributed by atoms with E-state index in [9.17, 15) is 43.9 Å². The number of carbonyl (C=O) groups excluding carboxylic acids is 1. The minimum atomic E-state index is -4.84. The van der Waals surface area contributed by atoms with Crippen LogP contribution in [0.4, 0.5) is 42.2 Å². The van der Waals surface area contributed by atoms with Crippen molar-refractivity contribution in [3.05, 3.63) is 52.7 Å². The van der Waals surface area contributed by atoms with Crippen LogP contribution in [0.3, 0.4) is 0 Å². The number of hydrogen-bond donors (Lipinski definition) is 0. The lowest BCUT2D eigenvalue weighted by molar-refractivity contribution is -0.137. The van der Waals surface area contributed by atoms with Crippen LogP contribution in [-0.2, 0) is 21.0 Å². The first-order chi connectivity index (χ1) is 14.6. The topological polar surface area (TPSA) is 70.6 Å². The van der Waals surface area contributed by atoms with Crippen molar-refractivity contribution in [1.29, 1.82) is 0 Å². The third kappa shape index (κ3) is 4.10. The fourth-order valence-corrected chi connectivity index (χ4v) is 4.95. The van der Waals surface area contributed by atoms with Gasteiger partial charge in [0, 0.05) is 18.8 Å². The summed E-state index contributed by atoms with van der Waals surface area (Å²) in [6.07, 6.45) is -5.26. The third-order valence-corrected chi connectivity index (χ3v) is 6.58. The summed E-state index contributed by atoms with van der Waals surface area (Å²) < 4.78 is 119. The number of amides is 1. The van der Waals surface area contributed by atoms with Crippen molar-refractivity contribution >= 4 is 27.4 Å². The van der Waals surface area contributed by atoms with Crippen molar-refractivity contribution in [2.45, 2.75) is 25.6 Å². The molecule has 0 spiro atoms. The molecule has 6 nitrogen and oxygen atoms in total. The second kappa shape index (κ2) is 7.90. The Hall–Kier alpha value is -2.90. The molecule has 1 aliphatic heterocycles. The molecule has 3 rings (SSSR count). The number of alkyl halides is 3. The molecule has 1 atom stereocenters. The summed E-state index contributed by atoms with van der Waals surface area (Å²) in [6.45, 7) is 1.18. The molecule has 0 N–H and O–H groups in total. The third-order valence-electron chi connectivity index (χ3n) is 4.79. The maximum absolute atomic E-state index is 14.1. The number of aromatic nitrogens is 1. The summed E-state index contributed by atoms with van der Waals surface area (Å²) in [4.78, 5) is 17.0. The van der Waals surface area contributed by atoms with Crippen LogP contribution in [0, 0.1) is 30.2 Å². The fraction of sp³-hybridized carbons (Fsp3) is 0.333. The molecule has 14 heteroatoms. The van der Waals surface area contributed by atoms with E-state index >= 15 is 0 Å². The second-order valence-corrected chi connectivity index (χ2v) is 8.95. The van der Waals surface area contributed by atoms with Gasteiger partial charge in [-0.1, -0.05) is 0 Å². The largest absolute Gasteiger partial charge is 0.416 e. The van der Waals surface area contributed by atoms with E-state index in [0.29, 0.717) is 21.3 Å². The quantitative estimate of drug-likeness (QED) is 0.379. The molecule has 0 saturated carbocycles. The molecule has 1 aromatic carbocycles. The standard InChI is InChI=1S/C18H14F7N3O3S/c1-8-5-9(18(23,24)25)6-13(26-8)28-11(3-4-32(28,30)31)17(29)27(2)12-7-10(19)14(20)16(22)15(12)21/h5-7,11H,3-4H2,1-2H3/t11-/m0/s1. The van der Waals surface area contributed by atoms with Crippen LogP contribution in [0.15, 0.2) is 18.2 Å². The molecule has 0 radical (unpaired) electrons. The number of likely N-dealkylation sites (N-methyl/N-ethyl adjacent to an activating group) is 1. The van der Waals surface area contributed by atoms with E-state index < -0.39 is 80.7 Å². The number of rotatable bonds is 3. The molecule has 1 aliphatic rings. The lowest BCUT2D eigenvalue weighted by Crippen LogP contribution is -2.46. The van der Waals surface area contributed by atoms with Crippen molar-refractivity contribution in [1.82, 2.24) is 4.98 Å². The molecule has 0 unspecified atom stereocenters. The average molecular weight is 485 g/mol. The summed E-state index contributed by atoms with van der Waals surface area (Å²) in [6, 6.07) is -0.370. The highest BCUT2D eigenvalue weighted by molar-refractivity contribution is 7.93. The van der Waals surface area contributed by atoms with E-state index in [4.69, 9.17) is 0 Å². The molecule has 2 heterocycles. The molecule has 32 heavy (non-hydrogen) atoms. The Labute approximate surface area is 177 Å². The van der Waals surface area contributed by atoms with Gasteiger partial charge < -0.3 is 4.90 Å². The van der Waals surface area contributed by atoms with E-state index in [1.54, 1.807) is 0 Å². The predicted octanol–water partition coefficient (Wildman–Crippen LogP) is 3.54. The minimum Gasteiger partial charge on any atom is -0.311 e. The lowest BCUT2D eigenvalue weighted by atomic mass is 10.1. The van der Waals surface area contributed by atoms with Crippen LogP contribution >= 0.6 is 0 Å². The zero-order valence-corrected chi connectivity index (χ0v) is 17.2. The van der Waals surface area contributed by atoms with Gasteiger partial charge in [-0.05, 0) is 25.5 Å². The Bertz CT molecular complexity index is 1200. The summed E-state index contributed by atoms with van der Waals surface area (Å²) in [5.41, 5.74) is -2.43. The molecule has 1 fully saturated rings. The highest BCUT2D eigenvalue weighted by Gasteiger charge is 2.45. The van der Waals surface area contributed by atoms with Crippen molar-refractivity contribution < 1.29 is 43.9 Å². The summed E-state index contributed by atoms with van der Waals surface area (Å²) in [7, 11) is -3.46. The number of anilines is 2. The first kappa shape index (κ1) is 23.8. The number of halogens is 7. The molecule has 0 bridgehead atoms. The highest BCUT2D eigenvalue weighted by Crippen LogP contribution is 2.36. The predicted molar refractivity (Wildman–Crippen MR) is 98.3 cm³/mol. The monoisotopic (exact) mass is 485 g/mol. The van der Waals surface area contributed by atoms with E-state index in [1.807, 2.05) is 0 Å². The molecule has 1 amide bonds. The summed E-state index contributed by atoms with van der Waals surface area (Å²) >= 11 is 0. The lowest BCUT2D eigenvalue weighted by Gasteiger charge is -2.28. The zero-order valence-electron chi connectivity index (χ0n) is 16.3. The van der Waals surface area contributed by atoms with Gasteiger partial charge in [-0.25, -0.2) is 35.3 Å². The van der Waals surface area contributed by atoms with Crippen LogP contribution in [-0.4, -0.2) is 38.2 Å². The summed E-state index contributed by atoms with van der Waals surface area (Å²) in [5, 5.41) is 0. The van der Waals surface area contributed by atoms with Crippen LogP contribution in [0.25, 0.3) is 0 Å². The highest BCUT2D eigenvalue weighted by atomic mass is 32.2. The Morgan fingerprint density at radius 3 is 2.31 bits per heavy atom. The van der Waals surface area contributed by atoms with Gasteiger partial charge >= 0.3 is 6.18 Å². The van der Waals surface area contributed by atoms with Crippen molar-refractivity contribution in [3.63, 3.8) is 0 Å². The number of carbonyl (C=O) groups is 1. The Morgan fingerprint density at radius 1 is 1.09 bits per heavy atom. The number of aryl methyl sites for hydroxylation is 1. The fourth-order valence-electron chi connectivity index (χ4n) is 3.27. The first-order valence-electron chi connectivity index (χ1n) is 8.83. The molecule has 1 aromatic heterocycles. The van der Waals surface area contributed by atoms with Gasteiger partial charge in [0.25, 0.3) is 5.91 Å².